The number of amides is 1. The lowest BCUT2D eigenvalue weighted by molar-refractivity contribution is -0.140. The molecule has 1 aromatic heterocycles. The predicted molar refractivity (Wildman–Crippen MR) is 116 cm³/mol. The van der Waals surface area contributed by atoms with Gasteiger partial charge in [0.15, 0.2) is 11.5 Å². The minimum Gasteiger partial charge on any atom is -0.507 e. The monoisotopic (exact) mass is 428 g/mol. The van der Waals surface area contributed by atoms with Crippen LogP contribution in [0, 0.1) is 0 Å². The minimum absolute atomic E-state index is 0.0481. The zero-order valence-corrected chi connectivity index (χ0v) is 17.1. The smallest absolute Gasteiger partial charge is 0.295 e. The van der Waals surface area contributed by atoms with Crippen molar-refractivity contribution in [2.24, 2.45) is 0 Å². The maximum absolute atomic E-state index is 13.1. The molecule has 1 atom stereocenters. The second-order valence-electron chi connectivity index (χ2n) is 7.55. The summed E-state index contributed by atoms with van der Waals surface area (Å²) in [7, 11) is 0. The second kappa shape index (κ2) is 8.19. The van der Waals surface area contributed by atoms with Gasteiger partial charge in [-0.1, -0.05) is 30.3 Å². The summed E-state index contributed by atoms with van der Waals surface area (Å²) in [5.74, 6) is -0.561. The van der Waals surface area contributed by atoms with Crippen LogP contribution in [0.1, 0.15) is 22.7 Å². The summed E-state index contributed by atoms with van der Waals surface area (Å²) in [6.07, 6.45) is 3.28. The number of carbonyl (C=O) groups is 2. The average Bonchev–Trinajstić information content (AvgIpc) is 3.09. The number of pyridine rings is 1. The van der Waals surface area contributed by atoms with E-state index in [-0.39, 0.29) is 17.9 Å². The first-order valence-corrected chi connectivity index (χ1v) is 10.3. The van der Waals surface area contributed by atoms with Gasteiger partial charge in [0.25, 0.3) is 11.7 Å². The maximum atomic E-state index is 13.1. The number of hydrogen-bond acceptors (Lipinski definition) is 6. The number of ketones is 1. The summed E-state index contributed by atoms with van der Waals surface area (Å²) in [5.41, 5.74) is 2.01. The number of Topliss-reactive ketones (excluding diaryl/α,β-unsaturated/α-hetero) is 1. The van der Waals surface area contributed by atoms with Crippen molar-refractivity contribution in [1.29, 1.82) is 0 Å². The third-order valence-electron chi connectivity index (χ3n) is 5.57. The highest BCUT2D eigenvalue weighted by molar-refractivity contribution is 6.46. The SMILES string of the molecule is O=C1C(=O)N(Cc2ccncc2)[C@H](c2ccccc2)C1=C(O)c1ccc2c(c1)OCCO2. The van der Waals surface area contributed by atoms with Gasteiger partial charge in [-0.3, -0.25) is 14.6 Å². The molecule has 7 nitrogen and oxygen atoms in total. The fourth-order valence-corrected chi connectivity index (χ4v) is 4.06. The Bertz CT molecular complexity index is 1210. The van der Waals surface area contributed by atoms with Gasteiger partial charge < -0.3 is 19.5 Å². The fraction of sp³-hybridized carbons (Fsp3) is 0.160. The number of nitrogens with zero attached hydrogens (tertiary/aromatic N) is 2. The van der Waals surface area contributed by atoms with Crippen molar-refractivity contribution in [2.75, 3.05) is 13.2 Å². The number of likely N-dealkylation sites (tertiary alicyclic amines) is 1. The summed E-state index contributed by atoms with van der Waals surface area (Å²) in [4.78, 5) is 31.6. The van der Waals surface area contributed by atoms with E-state index in [1.165, 1.54) is 4.90 Å². The Kier molecular flexibility index (Phi) is 5.07. The first-order valence-electron chi connectivity index (χ1n) is 10.3. The van der Waals surface area contributed by atoms with Crippen LogP contribution in [-0.4, -0.2) is 39.9 Å². The topological polar surface area (TPSA) is 89.0 Å². The molecule has 3 aromatic rings. The molecule has 0 spiro atoms. The highest BCUT2D eigenvalue weighted by atomic mass is 16.6. The Labute approximate surface area is 184 Å². The number of fused-ring (bicyclic) bond motifs is 1. The molecule has 1 N–H and O–H groups in total. The lowest BCUT2D eigenvalue weighted by Gasteiger charge is -2.25. The Morgan fingerprint density at radius 1 is 0.969 bits per heavy atom. The van der Waals surface area contributed by atoms with Crippen molar-refractivity contribution < 1.29 is 24.2 Å². The van der Waals surface area contributed by atoms with Crippen LogP contribution in [0.2, 0.25) is 0 Å². The molecule has 0 aliphatic carbocycles. The Morgan fingerprint density at radius 3 is 2.44 bits per heavy atom. The molecule has 0 bridgehead atoms. The van der Waals surface area contributed by atoms with Gasteiger partial charge in [0.2, 0.25) is 0 Å². The summed E-state index contributed by atoms with van der Waals surface area (Å²) in [6.45, 7) is 1.06. The summed E-state index contributed by atoms with van der Waals surface area (Å²) in [5, 5.41) is 11.2. The van der Waals surface area contributed by atoms with Crippen LogP contribution in [0.15, 0.2) is 78.6 Å². The van der Waals surface area contributed by atoms with Gasteiger partial charge in [0.1, 0.15) is 19.0 Å². The molecule has 0 saturated carbocycles. The highest BCUT2D eigenvalue weighted by Crippen LogP contribution is 2.41. The number of aliphatic hydroxyl groups is 1. The number of rotatable bonds is 4. The first kappa shape index (κ1) is 19.8. The van der Waals surface area contributed by atoms with E-state index in [4.69, 9.17) is 9.47 Å². The largest absolute Gasteiger partial charge is 0.507 e. The van der Waals surface area contributed by atoms with Crippen LogP contribution in [0.25, 0.3) is 5.76 Å². The van der Waals surface area contributed by atoms with Gasteiger partial charge >= 0.3 is 0 Å². The van der Waals surface area contributed by atoms with E-state index in [2.05, 4.69) is 4.98 Å². The maximum Gasteiger partial charge on any atom is 0.295 e. The number of carbonyl (C=O) groups excluding carboxylic acids is 2. The van der Waals surface area contributed by atoms with Gasteiger partial charge in [0, 0.05) is 24.5 Å². The van der Waals surface area contributed by atoms with Gasteiger partial charge in [-0.15, -0.1) is 0 Å². The van der Waals surface area contributed by atoms with Crippen molar-refractivity contribution >= 4 is 17.4 Å². The fourth-order valence-electron chi connectivity index (χ4n) is 4.06. The molecule has 0 radical (unpaired) electrons. The summed E-state index contributed by atoms with van der Waals surface area (Å²) >= 11 is 0. The molecule has 2 aromatic carbocycles. The van der Waals surface area contributed by atoms with E-state index in [1.807, 2.05) is 30.3 Å². The van der Waals surface area contributed by atoms with Crippen LogP contribution < -0.4 is 9.47 Å². The van der Waals surface area contributed by atoms with Crippen molar-refractivity contribution in [1.82, 2.24) is 9.88 Å². The van der Waals surface area contributed by atoms with Crippen LogP contribution in [0.4, 0.5) is 0 Å². The lowest BCUT2D eigenvalue weighted by atomic mass is 9.95. The number of aromatic nitrogens is 1. The van der Waals surface area contributed by atoms with E-state index in [0.29, 0.717) is 30.3 Å². The number of benzene rings is 2. The van der Waals surface area contributed by atoms with E-state index in [0.717, 1.165) is 11.1 Å². The quantitative estimate of drug-likeness (QED) is 0.389. The van der Waals surface area contributed by atoms with Crippen LogP contribution >= 0.6 is 0 Å². The normalized spacial score (nSPS) is 19.2. The molecule has 1 saturated heterocycles. The zero-order valence-electron chi connectivity index (χ0n) is 17.1. The molecule has 0 unspecified atom stereocenters. The molecule has 3 heterocycles. The number of hydrogen-bond donors (Lipinski definition) is 1. The molecule has 160 valence electrons. The van der Waals surface area contributed by atoms with Crippen LogP contribution in [-0.2, 0) is 16.1 Å². The van der Waals surface area contributed by atoms with Crippen molar-refractivity contribution in [3.63, 3.8) is 0 Å². The summed E-state index contributed by atoms with van der Waals surface area (Å²) in [6, 6.07) is 17.1. The van der Waals surface area contributed by atoms with Crippen molar-refractivity contribution in [3.8, 4) is 11.5 Å². The Hall–Kier alpha value is -4.13. The molecule has 2 aliphatic rings. The van der Waals surface area contributed by atoms with Gasteiger partial charge in [0.05, 0.1) is 11.6 Å². The average molecular weight is 428 g/mol. The third kappa shape index (κ3) is 3.47. The zero-order chi connectivity index (χ0) is 22.1. The summed E-state index contributed by atoms with van der Waals surface area (Å²) < 4.78 is 11.1. The van der Waals surface area contributed by atoms with Gasteiger partial charge in [-0.25, -0.2) is 0 Å². The van der Waals surface area contributed by atoms with Gasteiger partial charge in [-0.05, 0) is 41.5 Å². The molecule has 2 aliphatic heterocycles. The molecule has 1 amide bonds. The van der Waals surface area contributed by atoms with Crippen molar-refractivity contribution in [2.45, 2.75) is 12.6 Å². The van der Waals surface area contributed by atoms with E-state index in [1.54, 1.807) is 42.7 Å². The molecular weight excluding hydrogens is 408 g/mol. The molecule has 7 heteroatoms. The van der Waals surface area contributed by atoms with Gasteiger partial charge in [-0.2, -0.15) is 0 Å². The van der Waals surface area contributed by atoms with Crippen molar-refractivity contribution in [3.05, 3.63) is 95.3 Å². The van der Waals surface area contributed by atoms with E-state index < -0.39 is 17.7 Å². The lowest BCUT2D eigenvalue weighted by Crippen LogP contribution is -2.29. The number of ether oxygens (including phenoxy) is 2. The third-order valence-corrected chi connectivity index (χ3v) is 5.57. The van der Waals surface area contributed by atoms with E-state index >= 15 is 0 Å². The first-order chi connectivity index (χ1) is 15.6. The standard InChI is InChI=1S/C25H20N2O5/c28-23(18-6-7-19-20(14-18)32-13-12-31-19)21-22(17-4-2-1-3-5-17)27(25(30)24(21)29)15-16-8-10-26-11-9-16/h1-11,14,22,28H,12-13,15H2/t22-/m1/s1. The highest BCUT2D eigenvalue weighted by Gasteiger charge is 2.46. The number of aliphatic hydroxyl groups excluding tert-OH is 1. The second-order valence-corrected chi connectivity index (χ2v) is 7.55. The van der Waals surface area contributed by atoms with Crippen LogP contribution in [0.5, 0.6) is 11.5 Å². The molecular formula is C25H20N2O5. The Morgan fingerprint density at radius 2 is 1.69 bits per heavy atom. The molecule has 32 heavy (non-hydrogen) atoms. The van der Waals surface area contributed by atoms with E-state index in [9.17, 15) is 14.7 Å². The molecule has 1 fully saturated rings. The molecule has 5 rings (SSSR count). The minimum atomic E-state index is -0.724. The van der Waals surface area contributed by atoms with Crippen LogP contribution in [0.3, 0.4) is 0 Å². The Balaban J connectivity index is 1.62. The predicted octanol–water partition coefficient (Wildman–Crippen LogP) is 3.47.